The first-order valence-corrected chi connectivity index (χ1v) is 36.5. The Morgan fingerprint density at radius 1 is 0.934 bits per heavy atom. The van der Waals surface area contributed by atoms with E-state index in [1.54, 1.807) is 37.4 Å². The molecule has 0 amide bonds. The van der Waals surface area contributed by atoms with Gasteiger partial charge in [0.2, 0.25) is 0 Å². The molecule has 9 aliphatic rings. The smallest absolute Gasteiger partial charge is 0.314 e. The number of hydrogen-bond acceptors (Lipinski definition) is 17. The van der Waals surface area contributed by atoms with Gasteiger partial charge in [0, 0.05) is 89.6 Å². The summed E-state index contributed by atoms with van der Waals surface area (Å²) in [6.45, 7) is 9.17. The van der Waals surface area contributed by atoms with Crippen molar-refractivity contribution in [2.24, 2.45) is 97.8 Å². The Labute approximate surface area is 544 Å². The van der Waals surface area contributed by atoms with Crippen molar-refractivity contribution in [3.05, 3.63) is 76.8 Å². The van der Waals surface area contributed by atoms with Crippen LogP contribution in [0.4, 0.5) is 0 Å². The molecule has 20 heteroatoms. The standard InChI is InChI=1S/C71H101N5O13S2/c1-6-8-9-23-70-51-37-91-90-36-44(39-15-18-45(78)19-16-39)30-53(79)52(35-77)76-60(63(70)83)59-50(67(70,4)33-54(80)61(51)82)21-24-69(25-27-75-66(72)73)62-42(32-71(59,69)88)12-10-11-41(57-55(7-2)89-65(86)58(57)43-22-26-74-34-43)29-48-46(20-17-40-14-13-38(3)28-47(40)48)49(64(84)85)31-56(81)68(62,5)87/h15-19,22,26,34,38,41-42,44,46-52,54-58,61-62,64,74,76-78,80-82,84-85,87-88H,6-9,12-14,20-21,23-25,27-33,35-37H2,1-5H3,(H4,72,73,75)/t38-,41-,42-,44+,46+,47+,48-,49+,50-,51+,52+,54-,55-,56+,57-,58+,61+,62+,67+,68-,69-,70-,71+/m0/s1. The number of allylic oxidation sites excluding steroid dienone is 3. The minimum atomic E-state index is -2.13. The lowest BCUT2D eigenvalue weighted by Crippen LogP contribution is -2.71. The van der Waals surface area contributed by atoms with Gasteiger partial charge in [0.15, 0.2) is 23.8 Å². The van der Waals surface area contributed by atoms with Gasteiger partial charge in [-0.05, 0) is 166 Å². The van der Waals surface area contributed by atoms with Gasteiger partial charge in [0.1, 0.15) is 17.9 Å². The molecule has 1 aromatic carbocycles. The molecule has 7 aliphatic carbocycles. The molecule has 2 bridgehead atoms. The van der Waals surface area contributed by atoms with Crippen LogP contribution in [-0.4, -0.2) is 147 Å². The summed E-state index contributed by atoms with van der Waals surface area (Å²) in [5, 5.41) is 116. The number of guanidine groups is 1. The van der Waals surface area contributed by atoms with Crippen molar-refractivity contribution in [3.63, 3.8) is 0 Å². The van der Waals surface area contributed by atoms with Crippen LogP contribution in [-0.2, 0) is 19.1 Å². The van der Waals surface area contributed by atoms with E-state index in [0.717, 1.165) is 43.2 Å². The maximum atomic E-state index is 17.2. The number of nitrogens with two attached hydrogens (primary N) is 2. The van der Waals surface area contributed by atoms with Crippen molar-refractivity contribution < 1.29 is 65.1 Å². The molecule has 18 nitrogen and oxygen atoms in total. The number of benzene rings is 1. The summed E-state index contributed by atoms with van der Waals surface area (Å²) in [6.07, 6.45) is 6.23. The Morgan fingerprint density at radius 2 is 1.69 bits per heavy atom. The second kappa shape index (κ2) is 27.0. The van der Waals surface area contributed by atoms with Crippen LogP contribution in [0, 0.1) is 93.2 Å². The van der Waals surface area contributed by atoms with Gasteiger partial charge in [-0.15, -0.1) is 5.92 Å². The van der Waals surface area contributed by atoms with Crippen LogP contribution < -0.4 is 16.8 Å². The zero-order valence-electron chi connectivity index (χ0n) is 53.7. The molecular weight excluding hydrogens is 1190 g/mol. The maximum absolute atomic E-state index is 17.2. The van der Waals surface area contributed by atoms with Crippen molar-refractivity contribution in [3.8, 4) is 17.6 Å². The maximum Gasteiger partial charge on any atom is 0.314 e. The van der Waals surface area contributed by atoms with Crippen LogP contribution in [0.15, 0.2) is 70.6 Å². The van der Waals surface area contributed by atoms with Gasteiger partial charge in [0.05, 0.1) is 47.7 Å². The number of fused-ring (bicyclic) bond motifs is 10. The van der Waals surface area contributed by atoms with Crippen LogP contribution in [0.25, 0.3) is 0 Å². The molecule has 2 aromatic rings. The minimum absolute atomic E-state index is 0.000318. The first kappa shape index (κ1) is 68.0. The number of aliphatic hydroxyl groups is 8. The molecule has 11 rings (SSSR count). The van der Waals surface area contributed by atoms with Crippen LogP contribution in [0.5, 0.6) is 5.75 Å². The number of phenolic OH excluding ortho intramolecular Hbond substituents is 1. The zero-order chi connectivity index (χ0) is 65.1. The topological polar surface area (TPSA) is 335 Å². The monoisotopic (exact) mass is 1300 g/mol. The summed E-state index contributed by atoms with van der Waals surface area (Å²) in [5.74, 6) is 0.506. The van der Waals surface area contributed by atoms with Gasteiger partial charge in [-0.2, -0.15) is 0 Å². The zero-order valence-corrected chi connectivity index (χ0v) is 55.4. The van der Waals surface area contributed by atoms with Crippen LogP contribution in [0.1, 0.15) is 173 Å². The highest BCUT2D eigenvalue weighted by Gasteiger charge is 2.77. The fraction of sp³-hybridized carbons (Fsp3) is 0.718. The lowest BCUT2D eigenvalue weighted by Gasteiger charge is -2.68. The first-order chi connectivity index (χ1) is 43.4. The van der Waals surface area contributed by atoms with Crippen molar-refractivity contribution in [2.45, 2.75) is 210 Å². The van der Waals surface area contributed by atoms with Crippen molar-refractivity contribution in [1.82, 2.24) is 10.3 Å². The number of hydrogen-bond donors (Lipinski definition) is 13. The molecular formula is C71H101N5O13S2. The van der Waals surface area contributed by atoms with Crippen LogP contribution in [0.2, 0.25) is 0 Å². The Balaban J connectivity index is 1.14. The Hall–Kier alpha value is -4.40. The number of aliphatic imine (C=N–C) groups is 1. The largest absolute Gasteiger partial charge is 0.508 e. The SMILES string of the molecule is CCCCC[C@]12C(=O)C3=C4[C@H](CC[C@]5(CCN=C(N)N)[C@@H]6[C@@H](CC#C[C@H]([C@H]7[C@H](CC)OC(=O)[C@@H]7c7cc[nH]c7)C[C@H]7[C@@H](CC=C8CC[C@H](C)C[C@H]87)[C@H](C(O)O)C[C@@H](O)[C@]6(C)O)C[C@@]45O)[C@@]1(C)C[C@H](O)[C@H](O)[C@H]2CSSC[C@H](c1ccc(O)cc1)CC(=O)[C@@H](CO)N3. The van der Waals surface area contributed by atoms with Crippen LogP contribution >= 0.6 is 21.6 Å². The molecule has 1 aromatic heterocycles. The number of Topliss-reactive ketones (excluding diaryl/α,β-unsaturated/α-hetero) is 2. The summed E-state index contributed by atoms with van der Waals surface area (Å²) in [7, 11) is 2.99. The van der Waals surface area contributed by atoms with Crippen molar-refractivity contribution >= 4 is 45.1 Å². The van der Waals surface area contributed by atoms with E-state index in [1.807, 2.05) is 26.1 Å². The van der Waals surface area contributed by atoms with E-state index < -0.39 is 142 Å². The number of ether oxygens (including phenoxy) is 1. The highest BCUT2D eigenvalue weighted by Crippen LogP contribution is 2.76. The van der Waals surface area contributed by atoms with E-state index in [2.05, 4.69) is 47.1 Å². The predicted octanol–water partition coefficient (Wildman–Crippen LogP) is 7.26. The average molecular weight is 1300 g/mol. The summed E-state index contributed by atoms with van der Waals surface area (Å²) in [5.41, 5.74) is 7.18. The normalized spacial score (nSPS) is 42.7. The van der Waals surface area contributed by atoms with Gasteiger partial charge < -0.3 is 72.5 Å². The highest BCUT2D eigenvalue weighted by molar-refractivity contribution is 8.76. The van der Waals surface area contributed by atoms with Crippen molar-refractivity contribution in [2.75, 3.05) is 24.7 Å². The number of H-pyrrole nitrogens is 1. The number of carbonyl (C=O) groups excluding carboxylic acids is 3. The third kappa shape index (κ3) is 11.9. The number of carbonyl (C=O) groups is 3. The lowest BCUT2D eigenvalue weighted by molar-refractivity contribution is -0.215. The average Bonchev–Trinajstić information content (AvgIpc) is 1.65. The summed E-state index contributed by atoms with van der Waals surface area (Å²) < 4.78 is 6.30. The molecule has 3 heterocycles. The quantitative estimate of drug-likeness (QED) is 0.0137. The number of phenols is 1. The number of aromatic amines is 1. The fourth-order valence-electron chi connectivity index (χ4n) is 20.9. The van der Waals surface area contributed by atoms with Gasteiger partial charge in [-0.25, -0.2) is 0 Å². The van der Waals surface area contributed by atoms with E-state index >= 15 is 14.7 Å². The van der Waals surface area contributed by atoms with E-state index in [1.165, 1.54) is 27.2 Å². The number of nitrogens with zero attached hydrogens (tertiary/aromatic N) is 1. The second-order valence-electron chi connectivity index (χ2n) is 29.7. The van der Waals surface area contributed by atoms with E-state index in [-0.39, 0.29) is 104 Å². The number of aromatic hydroxyl groups is 1. The van der Waals surface area contributed by atoms with Gasteiger partial charge in [-0.1, -0.05) is 98.2 Å². The molecule has 2 saturated heterocycles. The Morgan fingerprint density at radius 3 is 2.38 bits per heavy atom. The molecule has 6 fully saturated rings. The third-order valence-electron chi connectivity index (χ3n) is 25.1. The molecule has 0 unspecified atom stereocenters. The molecule has 91 heavy (non-hydrogen) atoms. The number of esters is 1. The number of rotatable bonds is 13. The second-order valence-corrected chi connectivity index (χ2v) is 32.2. The molecule has 2 aliphatic heterocycles. The van der Waals surface area contributed by atoms with E-state index in [4.69, 9.17) is 16.2 Å². The Kier molecular flexibility index (Phi) is 20.2. The molecule has 500 valence electrons. The molecule has 0 spiro atoms. The molecule has 4 saturated carbocycles. The molecule has 0 radical (unpaired) electrons. The highest BCUT2D eigenvalue weighted by atomic mass is 33.1. The minimum Gasteiger partial charge on any atom is -0.508 e. The number of nitrogens with one attached hydrogen (secondary N) is 2. The van der Waals surface area contributed by atoms with E-state index in [9.17, 15) is 45.6 Å². The van der Waals surface area contributed by atoms with Crippen molar-refractivity contribution in [1.29, 1.82) is 0 Å². The summed E-state index contributed by atoms with van der Waals surface area (Å²) >= 11 is 0. The first-order valence-electron chi connectivity index (χ1n) is 34.0. The van der Waals surface area contributed by atoms with Crippen LogP contribution in [0.3, 0.4) is 0 Å². The molecule has 23 atom stereocenters. The summed E-state index contributed by atoms with van der Waals surface area (Å²) in [4.78, 5) is 54.3. The number of aliphatic hydroxyl groups excluding tert-OH is 5. The third-order valence-corrected chi connectivity index (χ3v) is 27.6. The fourth-order valence-corrected chi connectivity index (χ4v) is 23.7. The number of cyclic esters (lactones) is 1. The van der Waals surface area contributed by atoms with Gasteiger partial charge >= 0.3 is 5.97 Å². The van der Waals surface area contributed by atoms with Gasteiger partial charge in [-0.3, -0.25) is 19.4 Å². The predicted molar refractivity (Wildman–Crippen MR) is 350 cm³/mol. The number of unbranched alkanes of at least 4 members (excludes halogenated alkanes) is 2. The summed E-state index contributed by atoms with van der Waals surface area (Å²) in [6, 6.07) is 7.20. The number of aromatic nitrogens is 1. The Bertz CT molecular complexity index is 3120. The molecule has 15 N–H and O–H groups in total. The number of ketones is 2. The van der Waals surface area contributed by atoms with Gasteiger partial charge in [0.25, 0.3) is 0 Å². The lowest BCUT2D eigenvalue weighted by atomic mass is 9.37. The van der Waals surface area contributed by atoms with E-state index in [0.29, 0.717) is 43.8 Å².